The van der Waals surface area contributed by atoms with E-state index >= 15 is 0 Å². The van der Waals surface area contributed by atoms with E-state index in [9.17, 15) is 0 Å². The lowest BCUT2D eigenvalue weighted by Gasteiger charge is -2.33. The maximum atomic E-state index is 6.45. The topological polar surface area (TPSA) is 42.2 Å². The molecule has 2 aromatic carbocycles. The third kappa shape index (κ3) is 3.60. The fourth-order valence-electron chi connectivity index (χ4n) is 3.44. The molecule has 4 nitrogen and oxygen atoms in total. The summed E-state index contributed by atoms with van der Waals surface area (Å²) in [5.74, 6) is 1.35. The highest BCUT2D eigenvalue weighted by molar-refractivity contribution is 6.35. The Bertz CT molecular complexity index is 942. The van der Waals surface area contributed by atoms with Crippen LogP contribution in [-0.4, -0.2) is 28.6 Å². The fourth-order valence-corrected chi connectivity index (χ4v) is 4.01. The van der Waals surface area contributed by atoms with E-state index in [1.165, 1.54) is 11.1 Å². The summed E-state index contributed by atoms with van der Waals surface area (Å²) in [5, 5.41) is 5.42. The van der Waals surface area contributed by atoms with Crippen molar-refractivity contribution >= 4 is 35.6 Å². The van der Waals surface area contributed by atoms with Crippen LogP contribution in [0.15, 0.2) is 40.9 Å². The van der Waals surface area contributed by atoms with Crippen molar-refractivity contribution in [1.29, 1.82) is 0 Å². The monoisotopic (exact) mass is 409 g/mol. The van der Waals surface area contributed by atoms with E-state index in [0.717, 1.165) is 29.2 Å². The van der Waals surface area contributed by atoms with Gasteiger partial charge in [-0.15, -0.1) is 12.4 Å². The molecule has 3 aromatic rings. The summed E-state index contributed by atoms with van der Waals surface area (Å²) >= 11 is 12.7. The van der Waals surface area contributed by atoms with Gasteiger partial charge in [0.1, 0.15) is 0 Å². The lowest BCUT2D eigenvalue weighted by molar-refractivity contribution is 0.295. The minimum absolute atomic E-state index is 0. The number of hydrogen-bond donors (Lipinski definition) is 0. The van der Waals surface area contributed by atoms with Crippen LogP contribution in [0.2, 0.25) is 10.0 Å². The zero-order valence-corrected chi connectivity index (χ0v) is 16.7. The van der Waals surface area contributed by atoms with Crippen molar-refractivity contribution in [3.63, 3.8) is 0 Å². The molecule has 2 heterocycles. The van der Waals surface area contributed by atoms with E-state index in [4.69, 9.17) is 27.7 Å². The molecule has 1 aliphatic rings. The zero-order valence-electron chi connectivity index (χ0n) is 14.4. The molecule has 4 rings (SSSR count). The summed E-state index contributed by atoms with van der Waals surface area (Å²) < 4.78 is 5.10. The molecule has 0 radical (unpaired) electrons. The van der Waals surface area contributed by atoms with Crippen LogP contribution in [-0.2, 0) is 6.54 Å². The van der Waals surface area contributed by atoms with Crippen molar-refractivity contribution in [3.8, 4) is 11.4 Å². The van der Waals surface area contributed by atoms with Crippen LogP contribution >= 0.6 is 35.6 Å². The summed E-state index contributed by atoms with van der Waals surface area (Å²) in [6.45, 7) is 3.51. The van der Waals surface area contributed by atoms with Crippen molar-refractivity contribution in [2.24, 2.45) is 0 Å². The summed E-state index contributed by atoms with van der Waals surface area (Å²) in [5.41, 5.74) is 4.46. The minimum Gasteiger partial charge on any atom is -0.339 e. The molecule has 0 fully saturated rings. The first-order valence-corrected chi connectivity index (χ1v) is 8.84. The third-order valence-electron chi connectivity index (χ3n) is 4.57. The number of nitrogens with zero attached hydrogens (tertiary/aromatic N) is 3. The highest BCUT2D eigenvalue weighted by Gasteiger charge is 2.27. The molecule has 1 atom stereocenters. The minimum atomic E-state index is 0. The molecular weight excluding hydrogens is 393 g/mol. The lowest BCUT2D eigenvalue weighted by atomic mass is 9.84. The third-order valence-corrected chi connectivity index (χ3v) is 5.12. The number of aromatic nitrogens is 2. The number of rotatable bonds is 2. The first kappa shape index (κ1) is 19.2. The van der Waals surface area contributed by atoms with E-state index in [1.54, 1.807) is 6.92 Å². The quantitative estimate of drug-likeness (QED) is 0.571. The van der Waals surface area contributed by atoms with Crippen LogP contribution in [0.25, 0.3) is 11.4 Å². The largest absolute Gasteiger partial charge is 0.339 e. The Balaban J connectivity index is 0.00000196. The van der Waals surface area contributed by atoms with Gasteiger partial charge >= 0.3 is 0 Å². The maximum absolute atomic E-state index is 6.45. The Kier molecular flexibility index (Phi) is 5.58. The Morgan fingerprint density at radius 3 is 2.73 bits per heavy atom. The van der Waals surface area contributed by atoms with Gasteiger partial charge in [-0.3, -0.25) is 0 Å². The van der Waals surface area contributed by atoms with Gasteiger partial charge in [0.25, 0.3) is 0 Å². The number of likely N-dealkylation sites (N-methyl/N-ethyl adjacent to an activating group) is 1. The summed E-state index contributed by atoms with van der Waals surface area (Å²) in [4.78, 5) is 6.60. The SMILES string of the molecule is Cc1nc(-c2cccc([C@@H]3CN(C)Cc4c(Cl)cc(Cl)cc43)c2)no1.Cl. The molecule has 7 heteroatoms. The molecule has 0 N–H and O–H groups in total. The van der Waals surface area contributed by atoms with Crippen molar-refractivity contribution in [2.75, 3.05) is 13.6 Å². The predicted octanol–water partition coefficient (Wildman–Crippen LogP) is 5.35. The molecule has 0 saturated heterocycles. The van der Waals surface area contributed by atoms with Crippen LogP contribution < -0.4 is 0 Å². The molecule has 1 aliphatic heterocycles. The smallest absolute Gasteiger partial charge is 0.223 e. The molecule has 0 spiro atoms. The van der Waals surface area contributed by atoms with Gasteiger partial charge in [0.15, 0.2) is 0 Å². The predicted molar refractivity (Wildman–Crippen MR) is 106 cm³/mol. The number of fused-ring (bicyclic) bond motifs is 1. The Labute approximate surface area is 168 Å². The second-order valence-corrected chi connectivity index (χ2v) is 7.31. The Morgan fingerprint density at radius 2 is 2.00 bits per heavy atom. The van der Waals surface area contributed by atoms with Crippen molar-refractivity contribution in [1.82, 2.24) is 15.0 Å². The van der Waals surface area contributed by atoms with Gasteiger partial charge in [-0.05, 0) is 41.9 Å². The number of aryl methyl sites for hydroxylation is 1. The Morgan fingerprint density at radius 1 is 1.19 bits per heavy atom. The van der Waals surface area contributed by atoms with Gasteiger partial charge in [-0.25, -0.2) is 0 Å². The molecule has 26 heavy (non-hydrogen) atoms. The molecule has 0 aliphatic carbocycles. The van der Waals surface area contributed by atoms with Crippen LogP contribution in [0, 0.1) is 6.92 Å². The second kappa shape index (κ2) is 7.57. The van der Waals surface area contributed by atoms with Crippen molar-refractivity contribution < 1.29 is 4.52 Å². The van der Waals surface area contributed by atoms with Gasteiger partial charge in [-0.1, -0.05) is 46.6 Å². The zero-order chi connectivity index (χ0) is 17.6. The number of benzene rings is 2. The average Bonchev–Trinajstić information content (AvgIpc) is 3.02. The Hall–Kier alpha value is -1.59. The van der Waals surface area contributed by atoms with Gasteiger partial charge in [-0.2, -0.15) is 4.98 Å². The molecule has 0 unspecified atom stereocenters. The van der Waals surface area contributed by atoms with E-state index < -0.39 is 0 Å². The van der Waals surface area contributed by atoms with Crippen LogP contribution in [0.4, 0.5) is 0 Å². The summed E-state index contributed by atoms with van der Waals surface area (Å²) in [6.07, 6.45) is 0. The maximum Gasteiger partial charge on any atom is 0.223 e. The number of halogens is 3. The van der Waals surface area contributed by atoms with Crippen LogP contribution in [0.5, 0.6) is 0 Å². The van der Waals surface area contributed by atoms with Crippen molar-refractivity contribution in [2.45, 2.75) is 19.4 Å². The first-order chi connectivity index (χ1) is 12.0. The lowest BCUT2D eigenvalue weighted by Crippen LogP contribution is -2.31. The molecule has 0 bridgehead atoms. The van der Waals surface area contributed by atoms with Crippen LogP contribution in [0.3, 0.4) is 0 Å². The highest BCUT2D eigenvalue weighted by Crippen LogP contribution is 2.39. The van der Waals surface area contributed by atoms with E-state index in [-0.39, 0.29) is 18.3 Å². The van der Waals surface area contributed by atoms with Gasteiger partial charge in [0.2, 0.25) is 11.7 Å². The summed E-state index contributed by atoms with van der Waals surface area (Å²) in [6, 6.07) is 12.1. The average molecular weight is 411 g/mol. The van der Waals surface area contributed by atoms with Crippen molar-refractivity contribution in [3.05, 3.63) is 69.0 Å². The highest BCUT2D eigenvalue weighted by atomic mass is 35.5. The molecule has 1 aromatic heterocycles. The fraction of sp³-hybridized carbons (Fsp3) is 0.263. The normalized spacial score (nSPS) is 16.8. The first-order valence-electron chi connectivity index (χ1n) is 8.08. The van der Waals surface area contributed by atoms with E-state index in [0.29, 0.717) is 16.7 Å². The number of hydrogen-bond acceptors (Lipinski definition) is 4. The summed E-state index contributed by atoms with van der Waals surface area (Å²) in [7, 11) is 2.10. The van der Waals surface area contributed by atoms with Gasteiger partial charge in [0.05, 0.1) is 0 Å². The van der Waals surface area contributed by atoms with Gasteiger partial charge < -0.3 is 9.42 Å². The molecule has 0 amide bonds. The van der Waals surface area contributed by atoms with Crippen LogP contribution in [0.1, 0.15) is 28.5 Å². The standard InChI is InChI=1S/C19H17Cl2N3O.ClH/c1-11-22-19(23-25-11)13-5-3-4-12(6-13)16-9-24(2)10-17-15(16)7-14(20)8-18(17)21;/h3-8,16H,9-10H2,1-2H3;1H/t16-;/m0./s1. The molecule has 0 saturated carbocycles. The molecule has 136 valence electrons. The second-order valence-electron chi connectivity index (χ2n) is 6.47. The van der Waals surface area contributed by atoms with E-state index in [1.807, 2.05) is 24.3 Å². The van der Waals surface area contributed by atoms with Gasteiger partial charge in [0, 0.05) is 41.5 Å². The van der Waals surface area contributed by atoms with E-state index in [2.05, 4.69) is 34.2 Å². The molecular formula is C19H18Cl3N3O.